The Morgan fingerprint density at radius 2 is 1.80 bits per heavy atom. The number of carbonyl (C=O) groups excluding carboxylic acids is 1. The predicted molar refractivity (Wildman–Crippen MR) is 66.5 cm³/mol. The Morgan fingerprint density at radius 3 is 2.25 bits per heavy atom. The van der Waals surface area contributed by atoms with E-state index < -0.39 is 31.4 Å². The molecule has 112 valence electrons. The third-order valence-electron chi connectivity index (χ3n) is 2.84. The number of carbonyl (C=O) groups is 1. The van der Waals surface area contributed by atoms with Gasteiger partial charge in [-0.15, -0.1) is 0 Å². The zero-order chi connectivity index (χ0) is 15.4. The van der Waals surface area contributed by atoms with Crippen LogP contribution in [0.1, 0.15) is 23.2 Å². The van der Waals surface area contributed by atoms with Gasteiger partial charge < -0.3 is 13.8 Å². The highest BCUT2D eigenvalue weighted by molar-refractivity contribution is 7.54. The van der Waals surface area contributed by atoms with Crippen LogP contribution in [-0.4, -0.2) is 20.5 Å². The predicted octanol–water partition coefficient (Wildman–Crippen LogP) is 3.82. The molecule has 0 N–H and O–H groups in total. The van der Waals surface area contributed by atoms with Crippen LogP contribution in [0.15, 0.2) is 24.3 Å². The number of rotatable bonds is 6. The van der Waals surface area contributed by atoms with Crippen molar-refractivity contribution < 1.29 is 31.6 Å². The van der Waals surface area contributed by atoms with Gasteiger partial charge in [-0.1, -0.05) is 18.2 Å². The van der Waals surface area contributed by atoms with E-state index in [-0.39, 0.29) is 5.56 Å². The number of hydrogen-bond donors (Lipinski definition) is 0. The Morgan fingerprint density at radius 1 is 1.25 bits per heavy atom. The Kier molecular flexibility index (Phi) is 5.50. The first-order chi connectivity index (χ1) is 9.30. The third-order valence-corrected chi connectivity index (χ3v) is 5.11. The zero-order valence-electron chi connectivity index (χ0n) is 10.9. The van der Waals surface area contributed by atoms with Gasteiger partial charge in [0.25, 0.3) is 0 Å². The van der Waals surface area contributed by atoms with Crippen LogP contribution in [0.25, 0.3) is 0 Å². The lowest BCUT2D eigenvalue weighted by Gasteiger charge is -2.25. The van der Waals surface area contributed by atoms with Gasteiger partial charge in [0.2, 0.25) is 0 Å². The van der Waals surface area contributed by atoms with E-state index in [1.165, 1.54) is 18.2 Å². The second-order valence-electron chi connectivity index (χ2n) is 3.91. The first kappa shape index (κ1) is 16.9. The molecule has 0 saturated heterocycles. The van der Waals surface area contributed by atoms with Crippen LogP contribution >= 0.6 is 7.60 Å². The summed E-state index contributed by atoms with van der Waals surface area (Å²) in [6.45, 7) is 0. The fraction of sp³-hybridized carbons (Fsp3) is 0.417. The molecule has 1 unspecified atom stereocenters. The van der Waals surface area contributed by atoms with Crippen LogP contribution in [0.5, 0.6) is 0 Å². The smallest absolute Gasteiger partial charge is 0.312 e. The van der Waals surface area contributed by atoms with E-state index in [1.807, 2.05) is 0 Å². The number of aldehydes is 1. The molecule has 0 aromatic heterocycles. The second kappa shape index (κ2) is 6.52. The van der Waals surface area contributed by atoms with Crippen molar-refractivity contribution in [3.63, 3.8) is 0 Å². The average Bonchev–Trinajstić information content (AvgIpc) is 2.43. The summed E-state index contributed by atoms with van der Waals surface area (Å²) in [5, 5.41) is 0. The minimum Gasteiger partial charge on any atom is -0.312 e. The van der Waals surface area contributed by atoms with Crippen LogP contribution < -0.4 is 0 Å². The number of alkyl halides is 3. The molecule has 0 aliphatic carbocycles. The summed E-state index contributed by atoms with van der Waals surface area (Å²) in [4.78, 5) is 10.7. The number of halogens is 3. The number of benzene rings is 1. The Bertz CT molecular complexity index is 508. The molecule has 1 aromatic rings. The van der Waals surface area contributed by atoms with Crippen molar-refractivity contribution in [3.05, 3.63) is 35.4 Å². The van der Waals surface area contributed by atoms with E-state index in [9.17, 15) is 22.5 Å². The van der Waals surface area contributed by atoms with E-state index in [2.05, 4.69) is 0 Å². The molecule has 4 nitrogen and oxygen atoms in total. The van der Waals surface area contributed by atoms with E-state index in [0.29, 0.717) is 6.29 Å². The Labute approximate surface area is 114 Å². The topological polar surface area (TPSA) is 52.6 Å². The second-order valence-corrected chi connectivity index (χ2v) is 6.34. The van der Waals surface area contributed by atoms with Crippen molar-refractivity contribution in [2.45, 2.75) is 18.3 Å². The fourth-order valence-electron chi connectivity index (χ4n) is 1.89. The Balaban J connectivity index is 3.44. The first-order valence-electron chi connectivity index (χ1n) is 5.61. The van der Waals surface area contributed by atoms with Crippen molar-refractivity contribution in [1.29, 1.82) is 0 Å². The van der Waals surface area contributed by atoms with Crippen LogP contribution in [0.2, 0.25) is 0 Å². The molecular weight excluding hydrogens is 296 g/mol. The molecule has 1 rings (SSSR count). The van der Waals surface area contributed by atoms with Gasteiger partial charge in [0, 0.05) is 20.6 Å². The molecule has 0 aliphatic heterocycles. The lowest BCUT2D eigenvalue weighted by atomic mass is 10.0. The van der Waals surface area contributed by atoms with E-state index >= 15 is 0 Å². The summed E-state index contributed by atoms with van der Waals surface area (Å²) in [5.41, 5.74) is -2.53. The van der Waals surface area contributed by atoms with E-state index in [0.717, 1.165) is 20.3 Å². The molecule has 1 atom stereocenters. The summed E-state index contributed by atoms with van der Waals surface area (Å²) in [6, 6.07) is 4.62. The minimum atomic E-state index is -4.62. The third kappa shape index (κ3) is 3.48. The minimum absolute atomic E-state index is 0.279. The maximum absolute atomic E-state index is 13.0. The summed E-state index contributed by atoms with van der Waals surface area (Å²) in [6.07, 6.45) is -4.63. The van der Waals surface area contributed by atoms with Gasteiger partial charge in [-0.3, -0.25) is 4.57 Å². The average molecular weight is 310 g/mol. The van der Waals surface area contributed by atoms with Crippen LogP contribution in [0.4, 0.5) is 13.2 Å². The summed E-state index contributed by atoms with van der Waals surface area (Å²) >= 11 is 0. The van der Waals surface area contributed by atoms with Crippen molar-refractivity contribution in [1.82, 2.24) is 0 Å². The van der Waals surface area contributed by atoms with Crippen LogP contribution in [0.3, 0.4) is 0 Å². The lowest BCUT2D eigenvalue weighted by molar-refractivity contribution is -0.138. The largest absolute Gasteiger partial charge is 0.416 e. The number of hydrogen-bond acceptors (Lipinski definition) is 4. The summed E-state index contributed by atoms with van der Waals surface area (Å²) in [7, 11) is -1.72. The maximum atomic E-state index is 13.0. The quantitative estimate of drug-likeness (QED) is 0.592. The molecule has 0 aliphatic rings. The van der Waals surface area contributed by atoms with Crippen molar-refractivity contribution >= 4 is 13.9 Å². The SMILES string of the molecule is COP(=O)(OC)C(CC=O)c1ccccc1C(F)(F)F. The summed E-state index contributed by atoms with van der Waals surface area (Å²) < 4.78 is 60.8. The van der Waals surface area contributed by atoms with Gasteiger partial charge >= 0.3 is 13.8 Å². The molecule has 0 amide bonds. The van der Waals surface area contributed by atoms with Gasteiger partial charge in [0.05, 0.1) is 11.2 Å². The monoisotopic (exact) mass is 310 g/mol. The highest BCUT2D eigenvalue weighted by Gasteiger charge is 2.41. The standard InChI is InChI=1S/C12H14F3O4P/c1-18-20(17,19-2)11(7-8-16)9-5-3-4-6-10(9)12(13,14)15/h3-6,8,11H,7H2,1-2H3. The van der Waals surface area contributed by atoms with Gasteiger partial charge in [-0.25, -0.2) is 0 Å². The first-order valence-corrected chi connectivity index (χ1v) is 7.22. The molecule has 0 fully saturated rings. The van der Waals surface area contributed by atoms with Crippen molar-refractivity contribution in [3.8, 4) is 0 Å². The molecule has 0 spiro atoms. The van der Waals surface area contributed by atoms with E-state index in [1.54, 1.807) is 0 Å². The molecule has 0 bridgehead atoms. The highest BCUT2D eigenvalue weighted by atomic mass is 31.2. The van der Waals surface area contributed by atoms with E-state index in [4.69, 9.17) is 9.05 Å². The van der Waals surface area contributed by atoms with Gasteiger partial charge in [0.1, 0.15) is 6.29 Å². The molecule has 0 saturated carbocycles. The normalized spacial score (nSPS) is 14.1. The Hall–Kier alpha value is -1.17. The van der Waals surface area contributed by atoms with Crippen molar-refractivity contribution in [2.75, 3.05) is 14.2 Å². The molecule has 0 radical (unpaired) electrons. The fourth-order valence-corrected chi connectivity index (χ4v) is 3.46. The molecule has 0 heterocycles. The lowest BCUT2D eigenvalue weighted by Crippen LogP contribution is -2.14. The van der Waals surface area contributed by atoms with Gasteiger partial charge in [0.15, 0.2) is 0 Å². The maximum Gasteiger partial charge on any atom is 0.416 e. The van der Waals surface area contributed by atoms with Crippen molar-refractivity contribution in [2.24, 2.45) is 0 Å². The molecule has 1 aromatic carbocycles. The summed E-state index contributed by atoms with van der Waals surface area (Å²) in [5.74, 6) is 0. The molecule has 20 heavy (non-hydrogen) atoms. The van der Waals surface area contributed by atoms with Gasteiger partial charge in [-0.2, -0.15) is 13.2 Å². The van der Waals surface area contributed by atoms with Gasteiger partial charge in [-0.05, 0) is 11.6 Å². The highest BCUT2D eigenvalue weighted by Crippen LogP contribution is 2.62. The zero-order valence-corrected chi connectivity index (χ0v) is 11.8. The molecular formula is C12H14F3O4P. The van der Waals surface area contributed by atoms with Crippen LogP contribution in [0, 0.1) is 0 Å². The van der Waals surface area contributed by atoms with Crippen LogP contribution in [-0.2, 0) is 24.6 Å². The molecule has 8 heteroatoms.